The van der Waals surface area contributed by atoms with Crippen LogP contribution in [0.15, 0.2) is 70.5 Å². The molecule has 0 saturated carbocycles. The average molecular weight is 265 g/mol. The summed E-state index contributed by atoms with van der Waals surface area (Å²) in [6, 6.07) is 19.9. The van der Waals surface area contributed by atoms with E-state index in [0.717, 1.165) is 31.9 Å². The predicted octanol–water partition coefficient (Wildman–Crippen LogP) is 4.06. The molecule has 2 nitrogen and oxygen atoms in total. The summed E-state index contributed by atoms with van der Waals surface area (Å²) in [5, 5.41) is 5.69. The van der Waals surface area contributed by atoms with Crippen molar-refractivity contribution in [1.29, 1.82) is 0 Å². The van der Waals surface area contributed by atoms with Gasteiger partial charge in [0.15, 0.2) is 0 Å². The third-order valence-corrected chi connectivity index (χ3v) is 4.93. The zero-order chi connectivity index (χ0) is 12.8. The van der Waals surface area contributed by atoms with Crippen molar-refractivity contribution in [1.82, 2.24) is 0 Å². The summed E-state index contributed by atoms with van der Waals surface area (Å²) in [6.45, 7) is 0. The van der Waals surface area contributed by atoms with E-state index in [1.807, 2.05) is 48.5 Å². The van der Waals surface area contributed by atoms with Crippen LogP contribution in [0.5, 0.6) is 0 Å². The summed E-state index contributed by atoms with van der Waals surface area (Å²) in [4.78, 5) is 1.71. The molecule has 4 rings (SSSR count). The Morgan fingerprint density at radius 3 is 2.53 bits per heavy atom. The van der Waals surface area contributed by atoms with Crippen LogP contribution < -0.4 is 5.32 Å². The second-order valence-corrected chi connectivity index (χ2v) is 5.97. The Balaban J connectivity index is 2.05. The molecule has 0 saturated heterocycles. The Hall–Kier alpha value is -2.13. The van der Waals surface area contributed by atoms with E-state index in [1.54, 1.807) is 0 Å². The van der Waals surface area contributed by atoms with E-state index in [-0.39, 0.29) is 0 Å². The molecule has 3 aromatic rings. The minimum absolute atomic E-state index is 0.852. The SMILES string of the molecule is O=S1c2ccccc2Nc2c1ccc1ccccc21. The van der Waals surface area contributed by atoms with Gasteiger partial charge in [0.1, 0.15) is 0 Å². The number of benzene rings is 3. The van der Waals surface area contributed by atoms with Crippen molar-refractivity contribution in [3.63, 3.8) is 0 Å². The first-order valence-electron chi connectivity index (χ1n) is 6.14. The summed E-state index contributed by atoms with van der Waals surface area (Å²) in [5.41, 5.74) is 1.90. The van der Waals surface area contributed by atoms with Gasteiger partial charge in [0, 0.05) is 5.39 Å². The van der Waals surface area contributed by atoms with Gasteiger partial charge in [0.05, 0.1) is 32.0 Å². The summed E-state index contributed by atoms with van der Waals surface area (Å²) in [7, 11) is -1.11. The van der Waals surface area contributed by atoms with E-state index in [0.29, 0.717) is 0 Å². The minimum Gasteiger partial charge on any atom is -0.353 e. The van der Waals surface area contributed by atoms with E-state index in [9.17, 15) is 4.21 Å². The first kappa shape index (κ1) is 10.8. The molecular formula is C16H11NOS. The largest absolute Gasteiger partial charge is 0.353 e. The normalized spacial score (nSPS) is 16.5. The molecule has 1 heterocycles. The van der Waals surface area contributed by atoms with Crippen molar-refractivity contribution in [2.24, 2.45) is 0 Å². The highest BCUT2D eigenvalue weighted by Crippen LogP contribution is 2.40. The maximum atomic E-state index is 12.6. The van der Waals surface area contributed by atoms with Crippen molar-refractivity contribution in [2.75, 3.05) is 5.32 Å². The molecule has 0 radical (unpaired) electrons. The summed E-state index contributed by atoms with van der Waals surface area (Å²) in [5.74, 6) is 0. The molecule has 92 valence electrons. The van der Waals surface area contributed by atoms with Crippen LogP contribution in [0.1, 0.15) is 0 Å². The van der Waals surface area contributed by atoms with Crippen LogP contribution in [-0.2, 0) is 10.8 Å². The standard InChI is InChI=1S/C16H11NOS/c18-19-14-8-4-3-7-13(14)17-16-12-6-2-1-5-11(12)9-10-15(16)19/h1-10,17H. The second kappa shape index (κ2) is 3.93. The molecule has 0 bridgehead atoms. The molecule has 1 unspecified atom stereocenters. The molecule has 19 heavy (non-hydrogen) atoms. The lowest BCUT2D eigenvalue weighted by molar-refractivity contribution is 0.683. The smallest absolute Gasteiger partial charge is 0.0892 e. The molecule has 3 aromatic carbocycles. The van der Waals surface area contributed by atoms with Gasteiger partial charge in [-0.15, -0.1) is 0 Å². The second-order valence-electron chi connectivity index (χ2n) is 4.55. The number of para-hydroxylation sites is 1. The van der Waals surface area contributed by atoms with Crippen LogP contribution >= 0.6 is 0 Å². The molecule has 1 N–H and O–H groups in total. The fraction of sp³-hybridized carbons (Fsp3) is 0. The van der Waals surface area contributed by atoms with Crippen molar-refractivity contribution >= 4 is 32.9 Å². The lowest BCUT2D eigenvalue weighted by Gasteiger charge is -2.22. The highest BCUT2D eigenvalue weighted by atomic mass is 32.2. The maximum absolute atomic E-state index is 12.6. The molecule has 0 amide bonds. The lowest BCUT2D eigenvalue weighted by atomic mass is 10.1. The molecule has 0 aromatic heterocycles. The predicted molar refractivity (Wildman–Crippen MR) is 78.3 cm³/mol. The van der Waals surface area contributed by atoms with Crippen LogP contribution in [0.3, 0.4) is 0 Å². The summed E-state index contributed by atoms with van der Waals surface area (Å²) < 4.78 is 12.6. The number of rotatable bonds is 0. The van der Waals surface area contributed by atoms with Crippen LogP contribution in [-0.4, -0.2) is 4.21 Å². The van der Waals surface area contributed by atoms with Crippen LogP contribution in [0.25, 0.3) is 10.8 Å². The van der Waals surface area contributed by atoms with Crippen LogP contribution in [0, 0.1) is 0 Å². The van der Waals surface area contributed by atoms with Gasteiger partial charge in [-0.3, -0.25) is 0 Å². The maximum Gasteiger partial charge on any atom is 0.0892 e. The van der Waals surface area contributed by atoms with Gasteiger partial charge < -0.3 is 5.32 Å². The average Bonchev–Trinajstić information content (AvgIpc) is 2.47. The number of hydrogen-bond donors (Lipinski definition) is 1. The van der Waals surface area contributed by atoms with Gasteiger partial charge in [-0.25, -0.2) is 4.21 Å². The fourth-order valence-corrected chi connectivity index (χ4v) is 3.82. The van der Waals surface area contributed by atoms with Crippen LogP contribution in [0.4, 0.5) is 11.4 Å². The summed E-state index contributed by atoms with van der Waals surface area (Å²) >= 11 is 0. The first-order valence-corrected chi connectivity index (χ1v) is 7.29. The van der Waals surface area contributed by atoms with Crippen molar-refractivity contribution < 1.29 is 4.21 Å². The fourth-order valence-electron chi connectivity index (χ4n) is 2.52. The first-order chi connectivity index (χ1) is 9.34. The lowest BCUT2D eigenvalue weighted by Crippen LogP contribution is -2.08. The Kier molecular flexibility index (Phi) is 2.23. The topological polar surface area (TPSA) is 29.1 Å². The Labute approximate surface area is 113 Å². The molecule has 3 heteroatoms. The van der Waals surface area contributed by atoms with E-state index in [4.69, 9.17) is 0 Å². The number of fused-ring (bicyclic) bond motifs is 4. The van der Waals surface area contributed by atoms with Gasteiger partial charge in [-0.1, -0.05) is 42.5 Å². The zero-order valence-corrected chi connectivity index (χ0v) is 10.9. The van der Waals surface area contributed by atoms with E-state index in [2.05, 4.69) is 17.4 Å². The molecule has 0 spiro atoms. The van der Waals surface area contributed by atoms with Gasteiger partial charge in [0.2, 0.25) is 0 Å². The van der Waals surface area contributed by atoms with Gasteiger partial charge in [-0.2, -0.15) is 0 Å². The molecule has 1 atom stereocenters. The third kappa shape index (κ3) is 1.52. The van der Waals surface area contributed by atoms with Gasteiger partial charge in [-0.05, 0) is 23.6 Å². The molecule has 1 aliphatic rings. The number of hydrogen-bond acceptors (Lipinski definition) is 2. The van der Waals surface area contributed by atoms with Gasteiger partial charge >= 0.3 is 0 Å². The zero-order valence-electron chi connectivity index (χ0n) is 10.1. The van der Waals surface area contributed by atoms with E-state index in [1.165, 1.54) is 0 Å². The van der Waals surface area contributed by atoms with E-state index < -0.39 is 10.8 Å². The monoisotopic (exact) mass is 265 g/mol. The van der Waals surface area contributed by atoms with Crippen molar-refractivity contribution in [2.45, 2.75) is 9.79 Å². The molecule has 0 fully saturated rings. The Morgan fingerprint density at radius 2 is 1.58 bits per heavy atom. The van der Waals surface area contributed by atoms with Crippen molar-refractivity contribution in [3.8, 4) is 0 Å². The highest BCUT2D eigenvalue weighted by molar-refractivity contribution is 7.85. The number of nitrogens with one attached hydrogen (secondary N) is 1. The molecule has 1 aliphatic heterocycles. The summed E-state index contributed by atoms with van der Waals surface area (Å²) in [6.07, 6.45) is 0. The Bertz CT molecular complexity index is 826. The van der Waals surface area contributed by atoms with E-state index >= 15 is 0 Å². The molecule has 0 aliphatic carbocycles. The molecular weight excluding hydrogens is 254 g/mol. The quantitative estimate of drug-likeness (QED) is 0.519. The van der Waals surface area contributed by atoms with Gasteiger partial charge in [0.25, 0.3) is 0 Å². The highest BCUT2D eigenvalue weighted by Gasteiger charge is 2.22. The van der Waals surface area contributed by atoms with Crippen molar-refractivity contribution in [3.05, 3.63) is 60.7 Å². The number of anilines is 2. The minimum atomic E-state index is -1.11. The Morgan fingerprint density at radius 1 is 0.789 bits per heavy atom. The van der Waals surface area contributed by atoms with Crippen LogP contribution in [0.2, 0.25) is 0 Å². The third-order valence-electron chi connectivity index (χ3n) is 3.44.